The van der Waals surface area contributed by atoms with Crippen LogP contribution >= 0.6 is 0 Å². The standard InChI is InChI=1S/Li.Mn.4H2O.Ti.H/h;;4*1H2;;/q+1;;;;;;;-1. The van der Waals surface area contributed by atoms with Crippen LogP contribution in [-0.2, 0) is 38.8 Å². The Morgan fingerprint density at radius 1 is 0.714 bits per heavy atom. The molecule has 0 aromatic heterocycles. The van der Waals surface area contributed by atoms with Crippen LogP contribution in [0.2, 0.25) is 0 Å². The summed E-state index contributed by atoms with van der Waals surface area (Å²) in [6, 6.07) is 0. The maximum Gasteiger partial charge on any atom is 1.00 e. The second-order valence-corrected chi connectivity index (χ2v) is 0. The molecule has 0 unspecified atom stereocenters. The third-order valence-corrected chi connectivity index (χ3v) is 0. The molecule has 0 saturated heterocycles. The fraction of sp³-hybridized carbons (Fsp3) is 0. The van der Waals surface area contributed by atoms with Gasteiger partial charge in [0.2, 0.25) is 0 Å². The SMILES string of the molecule is O.O.O.O.[H-].[Li+].[Mn].[Ti]. The first-order chi connectivity index (χ1) is 0. The molecule has 4 nitrogen and oxygen atoms in total. The van der Waals surface area contributed by atoms with Crippen molar-refractivity contribution < 1.29 is 81.0 Å². The first kappa shape index (κ1) is 183. The zero-order chi connectivity index (χ0) is 0. The second kappa shape index (κ2) is 122. The van der Waals surface area contributed by atoms with E-state index >= 15 is 0 Å². The molecule has 0 bridgehead atoms. The molecule has 0 saturated carbocycles. The monoisotopic (exact) mass is 183 g/mol. The Balaban J connectivity index is 0. The molecule has 1 radical (unpaired) electrons. The van der Waals surface area contributed by atoms with Crippen LogP contribution in [0.3, 0.4) is 0 Å². The first-order valence-corrected chi connectivity index (χ1v) is 0. The van der Waals surface area contributed by atoms with Gasteiger partial charge in [0.05, 0.1) is 0 Å². The molecule has 8 N–H and O–H groups in total. The zero-order valence-corrected chi connectivity index (χ0v) is 6.62. The van der Waals surface area contributed by atoms with E-state index in [1.54, 1.807) is 0 Å². The Morgan fingerprint density at radius 3 is 0.714 bits per heavy atom. The van der Waals surface area contributed by atoms with Crippen LogP contribution in [0.5, 0.6) is 0 Å². The molecule has 0 aliphatic heterocycles. The number of rotatable bonds is 0. The fourth-order valence-electron chi connectivity index (χ4n) is 0. The van der Waals surface area contributed by atoms with Crippen LogP contribution < -0.4 is 18.9 Å². The minimum Gasteiger partial charge on any atom is -1.00 e. The maximum absolute atomic E-state index is 0. The molecule has 0 atom stereocenters. The van der Waals surface area contributed by atoms with E-state index in [1.807, 2.05) is 0 Å². The molecule has 0 aliphatic rings. The quantitative estimate of drug-likeness (QED) is 0.331. The van der Waals surface area contributed by atoms with Crippen LogP contribution in [0.4, 0.5) is 0 Å². The summed E-state index contributed by atoms with van der Waals surface area (Å²) in [4.78, 5) is 0. The van der Waals surface area contributed by atoms with Crippen molar-refractivity contribution in [3.05, 3.63) is 0 Å². The minimum absolute atomic E-state index is 0. The predicted molar refractivity (Wildman–Crippen MR) is 15.6 cm³/mol. The fourth-order valence-corrected chi connectivity index (χ4v) is 0. The first-order valence-electron chi connectivity index (χ1n) is 0. The molecule has 7 heteroatoms. The Morgan fingerprint density at radius 2 is 0.714 bits per heavy atom. The van der Waals surface area contributed by atoms with Crippen molar-refractivity contribution in [3.63, 3.8) is 0 Å². The topological polar surface area (TPSA) is 126 Å². The van der Waals surface area contributed by atoms with Gasteiger partial charge in [-0.25, -0.2) is 0 Å². The Kier molecular flexibility index (Phi) is 3190. The third-order valence-electron chi connectivity index (χ3n) is 0. The number of hydrogen-bond acceptors (Lipinski definition) is 0. The van der Waals surface area contributed by atoms with E-state index in [0.717, 1.165) is 0 Å². The van der Waals surface area contributed by atoms with Crippen molar-refractivity contribution in [1.29, 1.82) is 0 Å². The summed E-state index contributed by atoms with van der Waals surface area (Å²) in [7, 11) is 0. The van der Waals surface area contributed by atoms with Crippen molar-refractivity contribution in [2.45, 2.75) is 0 Å². The van der Waals surface area contributed by atoms with Gasteiger partial charge in [0.1, 0.15) is 0 Å². The molecular formula is H9LiMnO4Ti. The van der Waals surface area contributed by atoms with Crippen molar-refractivity contribution in [1.82, 2.24) is 0 Å². The van der Waals surface area contributed by atoms with Gasteiger partial charge in [0.25, 0.3) is 0 Å². The molecular weight excluding hydrogens is 174 g/mol. The van der Waals surface area contributed by atoms with Gasteiger partial charge in [-0.05, 0) is 0 Å². The summed E-state index contributed by atoms with van der Waals surface area (Å²) in [6.07, 6.45) is 0. The van der Waals surface area contributed by atoms with Gasteiger partial charge in [0.15, 0.2) is 0 Å². The van der Waals surface area contributed by atoms with Crippen molar-refractivity contribution in [3.8, 4) is 0 Å². The Bertz CT molecular complexity index is 16.0. The molecule has 0 amide bonds. The van der Waals surface area contributed by atoms with Crippen LogP contribution in [0.15, 0.2) is 0 Å². The predicted octanol–water partition coefficient (Wildman–Crippen LogP) is -6.19. The van der Waals surface area contributed by atoms with Crippen molar-refractivity contribution in [2.24, 2.45) is 0 Å². The maximum atomic E-state index is 0. The van der Waals surface area contributed by atoms with Gasteiger partial charge in [0, 0.05) is 38.8 Å². The summed E-state index contributed by atoms with van der Waals surface area (Å²) < 4.78 is 0. The van der Waals surface area contributed by atoms with Gasteiger partial charge in [-0.1, -0.05) is 0 Å². The second-order valence-electron chi connectivity index (χ2n) is 0. The Hall–Kier alpha value is 1.67. The molecule has 0 heterocycles. The zero-order valence-electron chi connectivity index (χ0n) is 4.88. The average Bonchev–Trinajstić information content (AvgIpc) is 0. The van der Waals surface area contributed by atoms with Crippen LogP contribution in [0, 0.1) is 0 Å². The molecule has 0 spiro atoms. The molecule has 0 rings (SSSR count). The van der Waals surface area contributed by atoms with Gasteiger partial charge in [-0.15, -0.1) is 0 Å². The van der Waals surface area contributed by atoms with E-state index in [0.29, 0.717) is 0 Å². The van der Waals surface area contributed by atoms with Crippen molar-refractivity contribution in [2.75, 3.05) is 0 Å². The molecule has 0 aromatic rings. The van der Waals surface area contributed by atoms with Crippen LogP contribution in [0.25, 0.3) is 0 Å². The molecule has 0 aliphatic carbocycles. The normalized spacial score (nSPS) is 0. The molecule has 0 fully saturated rings. The summed E-state index contributed by atoms with van der Waals surface area (Å²) in [5, 5.41) is 0. The molecule has 45 valence electrons. The van der Waals surface area contributed by atoms with Crippen LogP contribution in [-0.4, -0.2) is 21.9 Å². The van der Waals surface area contributed by atoms with E-state index in [4.69, 9.17) is 0 Å². The molecule has 7 heavy (non-hydrogen) atoms. The van der Waals surface area contributed by atoms with Crippen LogP contribution in [0.1, 0.15) is 1.43 Å². The summed E-state index contributed by atoms with van der Waals surface area (Å²) >= 11 is 0. The van der Waals surface area contributed by atoms with E-state index in [-0.39, 0.29) is 81.0 Å². The van der Waals surface area contributed by atoms with Gasteiger partial charge >= 0.3 is 18.9 Å². The van der Waals surface area contributed by atoms with Gasteiger partial charge in [-0.3, -0.25) is 0 Å². The van der Waals surface area contributed by atoms with E-state index < -0.39 is 0 Å². The third kappa shape index (κ3) is 88.3. The molecule has 0 aromatic carbocycles. The summed E-state index contributed by atoms with van der Waals surface area (Å²) in [5.74, 6) is 0. The van der Waals surface area contributed by atoms with E-state index in [1.165, 1.54) is 0 Å². The summed E-state index contributed by atoms with van der Waals surface area (Å²) in [5.41, 5.74) is 0. The smallest absolute Gasteiger partial charge is 1.00 e. The minimum atomic E-state index is 0. The van der Waals surface area contributed by atoms with Gasteiger partial charge in [-0.2, -0.15) is 0 Å². The Labute approximate surface area is 80.7 Å². The van der Waals surface area contributed by atoms with E-state index in [9.17, 15) is 0 Å². The number of hydrogen-bond donors (Lipinski definition) is 0. The largest absolute Gasteiger partial charge is 1.00 e. The van der Waals surface area contributed by atoms with Crippen molar-refractivity contribution >= 4 is 0 Å². The average molecular weight is 183 g/mol. The van der Waals surface area contributed by atoms with E-state index in [2.05, 4.69) is 0 Å². The summed E-state index contributed by atoms with van der Waals surface area (Å²) in [6.45, 7) is 0. The van der Waals surface area contributed by atoms with Gasteiger partial charge < -0.3 is 23.3 Å².